The van der Waals surface area contributed by atoms with Crippen molar-refractivity contribution in [2.24, 2.45) is 0 Å². The summed E-state index contributed by atoms with van der Waals surface area (Å²) < 4.78 is 4.90. The largest absolute Gasteiger partial charge is 0.472 e. The zero-order valence-corrected chi connectivity index (χ0v) is 9.80. The third-order valence-corrected chi connectivity index (χ3v) is 3.10. The highest BCUT2D eigenvalue weighted by Crippen LogP contribution is 2.10. The van der Waals surface area contributed by atoms with Crippen molar-refractivity contribution < 1.29 is 9.21 Å². The van der Waals surface area contributed by atoms with Gasteiger partial charge in [-0.05, 0) is 13.0 Å². The summed E-state index contributed by atoms with van der Waals surface area (Å²) in [7, 11) is 0. The van der Waals surface area contributed by atoms with E-state index in [4.69, 9.17) is 9.68 Å². The maximum Gasteiger partial charge on any atom is 0.257 e. The average molecular weight is 233 g/mol. The first-order valence-electron chi connectivity index (χ1n) is 5.67. The number of nitriles is 1. The quantitative estimate of drug-likeness (QED) is 0.763. The standard InChI is InChI=1S/C12H15N3O2/c1-10(8-13)14-3-5-15(6-4-14)12(16)11-2-7-17-9-11/h2,7,9-10H,3-6H2,1H3. The summed E-state index contributed by atoms with van der Waals surface area (Å²) >= 11 is 0. The van der Waals surface area contributed by atoms with Crippen LogP contribution in [0.4, 0.5) is 0 Å². The Hall–Kier alpha value is -1.80. The van der Waals surface area contributed by atoms with Crippen molar-refractivity contribution in [3.05, 3.63) is 24.2 Å². The molecule has 17 heavy (non-hydrogen) atoms. The SMILES string of the molecule is CC(C#N)N1CCN(C(=O)c2ccoc2)CC1. The van der Waals surface area contributed by atoms with E-state index in [1.54, 1.807) is 11.0 Å². The van der Waals surface area contributed by atoms with Crippen LogP contribution in [0.5, 0.6) is 0 Å². The monoisotopic (exact) mass is 233 g/mol. The smallest absolute Gasteiger partial charge is 0.257 e. The molecule has 2 heterocycles. The van der Waals surface area contributed by atoms with E-state index in [9.17, 15) is 4.79 Å². The third-order valence-electron chi connectivity index (χ3n) is 3.10. The minimum atomic E-state index is -0.0822. The molecular weight excluding hydrogens is 218 g/mol. The van der Waals surface area contributed by atoms with Gasteiger partial charge >= 0.3 is 0 Å². The first-order valence-corrected chi connectivity index (χ1v) is 5.67. The summed E-state index contributed by atoms with van der Waals surface area (Å²) in [5, 5.41) is 8.83. The Kier molecular flexibility index (Phi) is 3.45. The van der Waals surface area contributed by atoms with Gasteiger partial charge in [0.15, 0.2) is 0 Å². The lowest BCUT2D eigenvalue weighted by Gasteiger charge is -2.35. The fourth-order valence-corrected chi connectivity index (χ4v) is 1.96. The van der Waals surface area contributed by atoms with Crippen molar-refractivity contribution >= 4 is 5.91 Å². The molecule has 0 N–H and O–H groups in total. The van der Waals surface area contributed by atoms with Crippen LogP contribution in [0.15, 0.2) is 23.0 Å². The molecule has 1 atom stereocenters. The predicted molar refractivity (Wildman–Crippen MR) is 61.3 cm³/mol. The third kappa shape index (κ3) is 2.48. The lowest BCUT2D eigenvalue weighted by molar-refractivity contribution is 0.0615. The number of hydrogen-bond acceptors (Lipinski definition) is 4. The van der Waals surface area contributed by atoms with Crippen molar-refractivity contribution in [1.29, 1.82) is 5.26 Å². The summed E-state index contributed by atoms with van der Waals surface area (Å²) in [4.78, 5) is 15.9. The van der Waals surface area contributed by atoms with Crippen LogP contribution in [-0.2, 0) is 0 Å². The fourth-order valence-electron chi connectivity index (χ4n) is 1.96. The molecule has 5 heteroatoms. The molecule has 5 nitrogen and oxygen atoms in total. The summed E-state index contributed by atoms with van der Waals surface area (Å²) in [6.45, 7) is 4.70. The van der Waals surface area contributed by atoms with Gasteiger partial charge in [-0.25, -0.2) is 0 Å². The Bertz CT molecular complexity index is 413. The number of piperazine rings is 1. The number of hydrogen-bond donors (Lipinski definition) is 0. The van der Waals surface area contributed by atoms with Gasteiger partial charge in [0, 0.05) is 26.2 Å². The van der Waals surface area contributed by atoms with Crippen LogP contribution in [0, 0.1) is 11.3 Å². The van der Waals surface area contributed by atoms with Crippen molar-refractivity contribution in [2.75, 3.05) is 26.2 Å². The minimum absolute atomic E-state index is 0.00279. The predicted octanol–water partition coefficient (Wildman–Crippen LogP) is 0.949. The van der Waals surface area contributed by atoms with Gasteiger partial charge in [0.2, 0.25) is 0 Å². The second-order valence-electron chi connectivity index (χ2n) is 4.15. The van der Waals surface area contributed by atoms with Crippen molar-refractivity contribution in [1.82, 2.24) is 9.80 Å². The van der Waals surface area contributed by atoms with Crippen LogP contribution in [0.2, 0.25) is 0 Å². The molecule has 0 radical (unpaired) electrons. The molecular formula is C12H15N3O2. The molecule has 0 saturated carbocycles. The highest BCUT2D eigenvalue weighted by atomic mass is 16.3. The van der Waals surface area contributed by atoms with Crippen LogP contribution in [-0.4, -0.2) is 47.9 Å². The van der Waals surface area contributed by atoms with E-state index in [0.29, 0.717) is 18.7 Å². The summed E-state index contributed by atoms with van der Waals surface area (Å²) in [6, 6.07) is 3.80. The van der Waals surface area contributed by atoms with Crippen LogP contribution in [0.3, 0.4) is 0 Å². The molecule has 0 spiro atoms. The fraction of sp³-hybridized carbons (Fsp3) is 0.500. The molecule has 1 aromatic heterocycles. The Labute approximate surface area is 100 Å². The summed E-state index contributed by atoms with van der Waals surface area (Å²) in [6.07, 6.45) is 2.97. The number of rotatable bonds is 2. The molecule has 1 aliphatic heterocycles. The van der Waals surface area contributed by atoms with Crippen molar-refractivity contribution in [3.63, 3.8) is 0 Å². The van der Waals surface area contributed by atoms with Gasteiger partial charge in [-0.1, -0.05) is 0 Å². The Morgan fingerprint density at radius 1 is 1.47 bits per heavy atom. The van der Waals surface area contributed by atoms with Gasteiger partial charge < -0.3 is 9.32 Å². The second-order valence-corrected chi connectivity index (χ2v) is 4.15. The molecule has 1 unspecified atom stereocenters. The molecule has 2 rings (SSSR count). The topological polar surface area (TPSA) is 60.5 Å². The number of amides is 1. The van der Waals surface area contributed by atoms with Crippen LogP contribution in [0.25, 0.3) is 0 Å². The van der Waals surface area contributed by atoms with Gasteiger partial charge in [-0.2, -0.15) is 5.26 Å². The Morgan fingerprint density at radius 3 is 2.71 bits per heavy atom. The summed E-state index contributed by atoms with van der Waals surface area (Å²) in [5.74, 6) is 0.00279. The Morgan fingerprint density at radius 2 is 2.18 bits per heavy atom. The minimum Gasteiger partial charge on any atom is -0.472 e. The van der Waals surface area contributed by atoms with Gasteiger partial charge in [0.1, 0.15) is 6.26 Å². The van der Waals surface area contributed by atoms with E-state index in [1.165, 1.54) is 12.5 Å². The van der Waals surface area contributed by atoms with Gasteiger partial charge in [0.25, 0.3) is 5.91 Å². The molecule has 0 aliphatic carbocycles. The molecule has 1 aliphatic rings. The van der Waals surface area contributed by atoms with Crippen molar-refractivity contribution in [2.45, 2.75) is 13.0 Å². The first-order chi connectivity index (χ1) is 8.22. The van der Waals surface area contributed by atoms with Crippen LogP contribution in [0.1, 0.15) is 17.3 Å². The molecule has 0 aromatic carbocycles. The normalized spacial score (nSPS) is 18.7. The lowest BCUT2D eigenvalue weighted by Crippen LogP contribution is -2.51. The summed E-state index contributed by atoms with van der Waals surface area (Å²) in [5.41, 5.74) is 0.590. The highest BCUT2D eigenvalue weighted by molar-refractivity contribution is 5.93. The van der Waals surface area contributed by atoms with Crippen LogP contribution < -0.4 is 0 Å². The van der Waals surface area contributed by atoms with E-state index in [-0.39, 0.29) is 11.9 Å². The molecule has 1 aromatic rings. The zero-order valence-electron chi connectivity index (χ0n) is 9.80. The van der Waals surface area contributed by atoms with Gasteiger partial charge in [0.05, 0.1) is 23.9 Å². The molecule has 1 amide bonds. The highest BCUT2D eigenvalue weighted by Gasteiger charge is 2.24. The van der Waals surface area contributed by atoms with Crippen LogP contribution >= 0.6 is 0 Å². The van der Waals surface area contributed by atoms with Gasteiger partial charge in [-0.15, -0.1) is 0 Å². The zero-order chi connectivity index (χ0) is 12.3. The maximum atomic E-state index is 12.0. The lowest BCUT2D eigenvalue weighted by atomic mass is 10.2. The van der Waals surface area contributed by atoms with E-state index in [2.05, 4.69) is 11.0 Å². The molecule has 90 valence electrons. The number of carbonyl (C=O) groups excluding carboxylic acids is 1. The van der Waals surface area contributed by atoms with E-state index < -0.39 is 0 Å². The Balaban J connectivity index is 1.92. The number of nitrogens with zero attached hydrogens (tertiary/aromatic N) is 3. The van der Waals surface area contributed by atoms with E-state index >= 15 is 0 Å². The molecule has 0 bridgehead atoms. The van der Waals surface area contributed by atoms with E-state index in [0.717, 1.165) is 13.1 Å². The van der Waals surface area contributed by atoms with Crippen molar-refractivity contribution in [3.8, 4) is 6.07 Å². The first kappa shape index (κ1) is 11.7. The van der Waals surface area contributed by atoms with Gasteiger partial charge in [-0.3, -0.25) is 9.69 Å². The average Bonchev–Trinajstić information content (AvgIpc) is 2.91. The second kappa shape index (κ2) is 5.02. The van der Waals surface area contributed by atoms with E-state index in [1.807, 2.05) is 6.92 Å². The maximum absolute atomic E-state index is 12.0. The number of carbonyl (C=O) groups is 1. The molecule has 1 saturated heterocycles. The molecule has 1 fully saturated rings. The number of furan rings is 1.